The summed E-state index contributed by atoms with van der Waals surface area (Å²) < 4.78 is 10.6. The van der Waals surface area contributed by atoms with Crippen molar-refractivity contribution in [2.24, 2.45) is 0 Å². The molecule has 0 aromatic rings. The summed E-state index contributed by atoms with van der Waals surface area (Å²) in [6, 6.07) is 0. The van der Waals surface area contributed by atoms with Gasteiger partial charge in [0, 0.05) is 12.8 Å². The van der Waals surface area contributed by atoms with Crippen molar-refractivity contribution < 1.29 is 24.2 Å². The number of unbranched alkanes of at least 4 members (excludes halogenated alkanes) is 21. The van der Waals surface area contributed by atoms with Gasteiger partial charge >= 0.3 is 11.9 Å². The Morgan fingerprint density at radius 3 is 1.29 bits per heavy atom. The SMILES string of the molecule is CCCCC/C=C/C/C=C/C/C=C/C/C=C/CCCC(=O)O[C@@H](CO)COC(=O)CCCCCCCCCCCCCCCCCCCC. The van der Waals surface area contributed by atoms with Crippen molar-refractivity contribution in [1.82, 2.24) is 0 Å². The standard InChI is InChI=1S/C44H78O5/c1-3-5-7-9-11-13-15-17-19-21-23-24-26-28-30-32-34-36-38-43(46)48-41-42(40-45)49-44(47)39-37-35-33-31-29-27-25-22-20-18-16-14-12-10-8-6-4-2/h12,14,18,20,25,27,31,33,42,45H,3-11,13,15-17,19,21-24,26,28-30,32,34-41H2,1-2H3/b14-12+,20-18+,27-25+,33-31+/t42-/m0/s1. The molecule has 0 aliphatic heterocycles. The lowest BCUT2D eigenvalue weighted by Crippen LogP contribution is -2.28. The van der Waals surface area contributed by atoms with Crippen molar-refractivity contribution in [1.29, 1.82) is 0 Å². The Bertz CT molecular complexity index is 827. The second-order valence-electron chi connectivity index (χ2n) is 13.7. The van der Waals surface area contributed by atoms with E-state index in [1.165, 1.54) is 122 Å². The largest absolute Gasteiger partial charge is 0.462 e. The lowest BCUT2D eigenvalue weighted by atomic mass is 10.0. The van der Waals surface area contributed by atoms with Crippen LogP contribution in [0, 0.1) is 0 Å². The van der Waals surface area contributed by atoms with Crippen LogP contribution in [0.3, 0.4) is 0 Å². The van der Waals surface area contributed by atoms with Crippen LogP contribution in [-0.4, -0.2) is 36.4 Å². The fraction of sp³-hybridized carbons (Fsp3) is 0.773. The summed E-state index contributed by atoms with van der Waals surface area (Å²) in [5.41, 5.74) is 0. The molecule has 0 aliphatic carbocycles. The van der Waals surface area contributed by atoms with Gasteiger partial charge in [0.05, 0.1) is 6.61 Å². The number of esters is 2. The van der Waals surface area contributed by atoms with Crippen molar-refractivity contribution in [3.63, 3.8) is 0 Å². The molecule has 0 aromatic heterocycles. The highest BCUT2D eigenvalue weighted by molar-refractivity contribution is 5.70. The number of allylic oxidation sites excluding steroid dienone is 8. The highest BCUT2D eigenvalue weighted by atomic mass is 16.6. The van der Waals surface area contributed by atoms with Crippen LogP contribution in [0.5, 0.6) is 0 Å². The lowest BCUT2D eigenvalue weighted by Gasteiger charge is -2.15. The average Bonchev–Trinajstić information content (AvgIpc) is 3.10. The summed E-state index contributed by atoms with van der Waals surface area (Å²) in [6.07, 6.45) is 50.4. The molecule has 0 unspecified atom stereocenters. The molecule has 0 aromatic carbocycles. The zero-order valence-electron chi connectivity index (χ0n) is 32.2. The van der Waals surface area contributed by atoms with E-state index in [1.807, 2.05) is 0 Å². The van der Waals surface area contributed by atoms with Crippen molar-refractivity contribution >= 4 is 11.9 Å². The monoisotopic (exact) mass is 687 g/mol. The van der Waals surface area contributed by atoms with Gasteiger partial charge in [0.25, 0.3) is 0 Å². The normalized spacial score (nSPS) is 12.6. The molecule has 1 atom stereocenters. The molecule has 0 saturated heterocycles. The first kappa shape index (κ1) is 46.9. The van der Waals surface area contributed by atoms with E-state index in [9.17, 15) is 14.7 Å². The lowest BCUT2D eigenvalue weighted by molar-refractivity contribution is -0.161. The quantitative estimate of drug-likeness (QED) is 0.0400. The highest BCUT2D eigenvalue weighted by Crippen LogP contribution is 2.15. The van der Waals surface area contributed by atoms with Gasteiger partial charge in [-0.2, -0.15) is 0 Å². The molecule has 0 amide bonds. The van der Waals surface area contributed by atoms with E-state index >= 15 is 0 Å². The second-order valence-corrected chi connectivity index (χ2v) is 13.7. The van der Waals surface area contributed by atoms with E-state index in [1.54, 1.807) is 0 Å². The zero-order valence-corrected chi connectivity index (χ0v) is 32.2. The van der Waals surface area contributed by atoms with E-state index in [4.69, 9.17) is 9.47 Å². The Hall–Kier alpha value is -2.14. The van der Waals surface area contributed by atoms with Gasteiger partial charge in [-0.05, 0) is 51.4 Å². The molecule has 0 bridgehead atoms. The van der Waals surface area contributed by atoms with E-state index in [2.05, 4.69) is 62.5 Å². The maximum Gasteiger partial charge on any atom is 0.306 e. The Balaban J connectivity index is 3.61. The fourth-order valence-corrected chi connectivity index (χ4v) is 5.72. The minimum Gasteiger partial charge on any atom is -0.462 e. The molecule has 0 saturated carbocycles. The topological polar surface area (TPSA) is 72.8 Å². The van der Waals surface area contributed by atoms with E-state index in [0.717, 1.165) is 44.9 Å². The van der Waals surface area contributed by atoms with Crippen LogP contribution in [0.15, 0.2) is 48.6 Å². The Morgan fingerprint density at radius 1 is 0.469 bits per heavy atom. The summed E-state index contributed by atoms with van der Waals surface area (Å²) in [4.78, 5) is 24.3. The molecule has 1 N–H and O–H groups in total. The van der Waals surface area contributed by atoms with Crippen LogP contribution in [0.25, 0.3) is 0 Å². The number of rotatable bonds is 37. The molecular weight excluding hydrogens is 608 g/mol. The number of aliphatic hydroxyl groups excluding tert-OH is 1. The first-order chi connectivity index (χ1) is 24.1. The van der Waals surface area contributed by atoms with Crippen LogP contribution < -0.4 is 0 Å². The molecular formula is C44H78O5. The molecule has 284 valence electrons. The molecule has 0 rings (SSSR count). The van der Waals surface area contributed by atoms with Gasteiger partial charge < -0.3 is 14.6 Å². The molecule has 0 radical (unpaired) electrons. The molecule has 49 heavy (non-hydrogen) atoms. The van der Waals surface area contributed by atoms with Gasteiger partial charge in [-0.25, -0.2) is 0 Å². The smallest absolute Gasteiger partial charge is 0.306 e. The van der Waals surface area contributed by atoms with Gasteiger partial charge in [-0.3, -0.25) is 9.59 Å². The molecule has 5 nitrogen and oxygen atoms in total. The average molecular weight is 687 g/mol. The summed E-state index contributed by atoms with van der Waals surface area (Å²) in [6.45, 7) is 4.07. The summed E-state index contributed by atoms with van der Waals surface area (Å²) in [7, 11) is 0. The third kappa shape index (κ3) is 38.5. The van der Waals surface area contributed by atoms with Crippen LogP contribution in [-0.2, 0) is 19.1 Å². The molecule has 0 spiro atoms. The summed E-state index contributed by atoms with van der Waals surface area (Å²) >= 11 is 0. The minimum atomic E-state index is -0.798. The number of hydrogen-bond acceptors (Lipinski definition) is 5. The van der Waals surface area contributed by atoms with Crippen LogP contribution >= 0.6 is 0 Å². The number of ether oxygens (including phenoxy) is 2. The fourth-order valence-electron chi connectivity index (χ4n) is 5.72. The molecule has 0 aliphatic rings. The highest BCUT2D eigenvalue weighted by Gasteiger charge is 2.16. The van der Waals surface area contributed by atoms with Crippen LogP contribution in [0.4, 0.5) is 0 Å². The molecule has 0 heterocycles. The van der Waals surface area contributed by atoms with Gasteiger partial charge in [0.1, 0.15) is 6.61 Å². The van der Waals surface area contributed by atoms with Gasteiger partial charge in [-0.15, -0.1) is 0 Å². The predicted octanol–water partition coefficient (Wildman–Crippen LogP) is 13.0. The first-order valence-corrected chi connectivity index (χ1v) is 20.7. The van der Waals surface area contributed by atoms with E-state index in [0.29, 0.717) is 12.8 Å². The number of carbonyl (C=O) groups excluding carboxylic acids is 2. The van der Waals surface area contributed by atoms with Gasteiger partial charge in [0.15, 0.2) is 6.10 Å². The van der Waals surface area contributed by atoms with Crippen molar-refractivity contribution in [3.05, 3.63) is 48.6 Å². The van der Waals surface area contributed by atoms with E-state index in [-0.39, 0.29) is 31.6 Å². The summed E-state index contributed by atoms with van der Waals surface area (Å²) in [5, 5.41) is 9.55. The maximum absolute atomic E-state index is 12.2. The van der Waals surface area contributed by atoms with Crippen molar-refractivity contribution in [3.8, 4) is 0 Å². The Morgan fingerprint density at radius 2 is 0.837 bits per heavy atom. The third-order valence-electron chi connectivity index (χ3n) is 8.88. The Kier molecular flexibility index (Phi) is 38.5. The third-order valence-corrected chi connectivity index (χ3v) is 8.88. The van der Waals surface area contributed by atoms with Crippen molar-refractivity contribution in [2.75, 3.05) is 13.2 Å². The number of aliphatic hydroxyl groups is 1. The maximum atomic E-state index is 12.2. The van der Waals surface area contributed by atoms with Crippen LogP contribution in [0.2, 0.25) is 0 Å². The number of carbonyl (C=O) groups is 2. The van der Waals surface area contributed by atoms with Gasteiger partial charge in [-0.1, -0.05) is 184 Å². The van der Waals surface area contributed by atoms with Crippen LogP contribution in [0.1, 0.15) is 200 Å². The summed E-state index contributed by atoms with van der Waals surface area (Å²) in [5.74, 6) is -0.652. The zero-order chi connectivity index (χ0) is 35.7. The minimum absolute atomic E-state index is 0.0860. The Labute approximate surface area is 303 Å². The second kappa shape index (κ2) is 40.3. The van der Waals surface area contributed by atoms with E-state index < -0.39 is 6.10 Å². The molecule has 5 heteroatoms. The first-order valence-electron chi connectivity index (χ1n) is 20.7. The van der Waals surface area contributed by atoms with Gasteiger partial charge in [0.2, 0.25) is 0 Å². The van der Waals surface area contributed by atoms with Crippen molar-refractivity contribution in [2.45, 2.75) is 206 Å². The predicted molar refractivity (Wildman–Crippen MR) is 210 cm³/mol. The number of hydrogen-bond donors (Lipinski definition) is 1. The molecule has 0 fully saturated rings.